The van der Waals surface area contributed by atoms with Gasteiger partial charge in [0.25, 0.3) is 0 Å². The summed E-state index contributed by atoms with van der Waals surface area (Å²) in [5.41, 5.74) is 1.20. The number of benzene rings is 1. The molecule has 1 aromatic rings. The molecule has 7 heteroatoms. The molecular formula is C26H38N4O3. The molecule has 2 heterocycles. The number of carbonyl (C=O) groups is 3. The number of amides is 3. The molecule has 0 N–H and O–H groups in total. The van der Waals surface area contributed by atoms with Crippen LogP contribution >= 0.6 is 0 Å². The summed E-state index contributed by atoms with van der Waals surface area (Å²) in [6.45, 7) is 7.02. The Balaban J connectivity index is 1.32. The highest BCUT2D eigenvalue weighted by Gasteiger charge is 2.40. The third-order valence-electron chi connectivity index (χ3n) is 7.67. The molecule has 1 aliphatic carbocycles. The molecule has 3 fully saturated rings. The molecule has 1 saturated carbocycles. The molecule has 3 amide bonds. The van der Waals surface area contributed by atoms with E-state index in [0.29, 0.717) is 51.6 Å². The SMILES string of the molecule is CC(=O)N1CCN(C(=O)C(C2CCCC2)N2CCN(C(=O)CCc3ccccc3)CC2)CC1. The van der Waals surface area contributed by atoms with Crippen molar-refractivity contribution in [3.05, 3.63) is 35.9 Å². The fraction of sp³-hybridized carbons (Fsp3) is 0.654. The fourth-order valence-electron chi connectivity index (χ4n) is 5.66. The summed E-state index contributed by atoms with van der Waals surface area (Å²) in [6.07, 6.45) is 5.93. The van der Waals surface area contributed by atoms with Gasteiger partial charge in [0.1, 0.15) is 0 Å². The summed E-state index contributed by atoms with van der Waals surface area (Å²) in [4.78, 5) is 46.2. The Morgan fingerprint density at radius 2 is 1.39 bits per heavy atom. The van der Waals surface area contributed by atoms with Crippen LogP contribution in [0.5, 0.6) is 0 Å². The zero-order chi connectivity index (χ0) is 23.2. The Morgan fingerprint density at radius 1 is 0.818 bits per heavy atom. The van der Waals surface area contributed by atoms with E-state index in [2.05, 4.69) is 17.0 Å². The zero-order valence-electron chi connectivity index (χ0n) is 20.0. The number of carbonyl (C=O) groups excluding carboxylic acids is 3. The lowest BCUT2D eigenvalue weighted by Crippen LogP contribution is -2.60. The predicted molar refractivity (Wildman–Crippen MR) is 127 cm³/mol. The average molecular weight is 455 g/mol. The molecule has 3 aliphatic rings. The number of aryl methyl sites for hydroxylation is 1. The van der Waals surface area contributed by atoms with Crippen molar-refractivity contribution in [3.63, 3.8) is 0 Å². The summed E-state index contributed by atoms with van der Waals surface area (Å²) in [5, 5.41) is 0. The van der Waals surface area contributed by atoms with Crippen molar-refractivity contribution in [1.82, 2.24) is 19.6 Å². The molecule has 0 aromatic heterocycles. The van der Waals surface area contributed by atoms with Crippen LogP contribution in [0.4, 0.5) is 0 Å². The van der Waals surface area contributed by atoms with Gasteiger partial charge in [0.15, 0.2) is 0 Å². The van der Waals surface area contributed by atoms with E-state index in [4.69, 9.17) is 0 Å². The first-order valence-corrected chi connectivity index (χ1v) is 12.6. The minimum Gasteiger partial charge on any atom is -0.340 e. The van der Waals surface area contributed by atoms with Crippen LogP contribution in [0.15, 0.2) is 30.3 Å². The van der Waals surface area contributed by atoms with Crippen LogP contribution < -0.4 is 0 Å². The van der Waals surface area contributed by atoms with Crippen LogP contribution in [0.3, 0.4) is 0 Å². The van der Waals surface area contributed by atoms with Gasteiger partial charge in [-0.2, -0.15) is 0 Å². The molecule has 0 spiro atoms. The molecule has 4 rings (SSSR count). The predicted octanol–water partition coefficient (Wildman–Crippen LogP) is 2.01. The molecule has 0 bridgehead atoms. The molecule has 1 atom stereocenters. The molecule has 1 aromatic carbocycles. The number of hydrogen-bond acceptors (Lipinski definition) is 4. The maximum absolute atomic E-state index is 13.6. The van der Waals surface area contributed by atoms with Gasteiger partial charge in [0, 0.05) is 65.7 Å². The smallest absolute Gasteiger partial charge is 0.240 e. The summed E-state index contributed by atoms with van der Waals surface area (Å²) < 4.78 is 0. The standard InChI is InChI=1S/C26H38N4O3/c1-21(31)27-13-19-30(20-14-27)26(33)25(23-9-5-6-10-23)29-17-15-28(16-18-29)24(32)12-11-22-7-3-2-4-8-22/h2-4,7-8,23,25H,5-6,9-20H2,1H3. The van der Waals surface area contributed by atoms with Gasteiger partial charge in [-0.25, -0.2) is 0 Å². The Bertz CT molecular complexity index is 808. The number of nitrogens with zero attached hydrogens (tertiary/aromatic N) is 4. The Morgan fingerprint density at radius 3 is 2.00 bits per heavy atom. The largest absolute Gasteiger partial charge is 0.340 e. The second-order valence-electron chi connectivity index (χ2n) is 9.72. The molecule has 180 valence electrons. The monoisotopic (exact) mass is 454 g/mol. The van der Waals surface area contributed by atoms with Crippen LogP contribution in [0, 0.1) is 5.92 Å². The Labute approximate surface area is 197 Å². The third kappa shape index (κ3) is 5.94. The van der Waals surface area contributed by atoms with E-state index in [9.17, 15) is 14.4 Å². The third-order valence-corrected chi connectivity index (χ3v) is 7.67. The van der Waals surface area contributed by atoms with Crippen molar-refractivity contribution in [2.75, 3.05) is 52.4 Å². The first kappa shape index (κ1) is 23.7. The van der Waals surface area contributed by atoms with Gasteiger partial charge in [-0.1, -0.05) is 43.2 Å². The van der Waals surface area contributed by atoms with Gasteiger partial charge in [-0.05, 0) is 30.7 Å². The highest BCUT2D eigenvalue weighted by Crippen LogP contribution is 2.32. The van der Waals surface area contributed by atoms with Crippen molar-refractivity contribution >= 4 is 17.7 Å². The van der Waals surface area contributed by atoms with Gasteiger partial charge < -0.3 is 14.7 Å². The van der Waals surface area contributed by atoms with Crippen molar-refractivity contribution in [3.8, 4) is 0 Å². The summed E-state index contributed by atoms with van der Waals surface area (Å²) in [7, 11) is 0. The lowest BCUT2D eigenvalue weighted by atomic mass is 9.94. The minimum atomic E-state index is -0.0852. The maximum atomic E-state index is 13.6. The Hall–Kier alpha value is -2.41. The summed E-state index contributed by atoms with van der Waals surface area (Å²) in [6, 6.07) is 10.1. The van der Waals surface area contributed by atoms with Crippen molar-refractivity contribution < 1.29 is 14.4 Å². The quantitative estimate of drug-likeness (QED) is 0.660. The lowest BCUT2D eigenvalue weighted by molar-refractivity contribution is -0.145. The molecule has 2 saturated heterocycles. The Kier molecular flexibility index (Phi) is 8.02. The van der Waals surface area contributed by atoms with E-state index in [1.807, 2.05) is 32.9 Å². The van der Waals surface area contributed by atoms with Crippen LogP contribution in [-0.4, -0.2) is 95.7 Å². The number of piperazine rings is 2. The maximum Gasteiger partial charge on any atom is 0.240 e. The van der Waals surface area contributed by atoms with E-state index < -0.39 is 0 Å². The van der Waals surface area contributed by atoms with Crippen molar-refractivity contribution in [1.29, 1.82) is 0 Å². The molecule has 33 heavy (non-hydrogen) atoms. The first-order valence-electron chi connectivity index (χ1n) is 12.6. The normalized spacial score (nSPS) is 21.3. The zero-order valence-corrected chi connectivity index (χ0v) is 20.0. The lowest BCUT2D eigenvalue weighted by Gasteiger charge is -2.44. The number of hydrogen-bond donors (Lipinski definition) is 0. The molecule has 0 radical (unpaired) electrons. The van der Waals surface area contributed by atoms with Crippen LogP contribution in [-0.2, 0) is 20.8 Å². The van der Waals surface area contributed by atoms with Gasteiger partial charge in [0.2, 0.25) is 17.7 Å². The molecule has 1 unspecified atom stereocenters. The van der Waals surface area contributed by atoms with Gasteiger partial charge in [-0.3, -0.25) is 19.3 Å². The van der Waals surface area contributed by atoms with E-state index >= 15 is 0 Å². The second-order valence-corrected chi connectivity index (χ2v) is 9.72. The van der Waals surface area contributed by atoms with Crippen LogP contribution in [0.1, 0.15) is 44.6 Å². The van der Waals surface area contributed by atoms with Crippen molar-refractivity contribution in [2.45, 2.75) is 51.5 Å². The van der Waals surface area contributed by atoms with Crippen LogP contribution in [0.25, 0.3) is 0 Å². The molecule has 2 aliphatic heterocycles. The number of rotatable bonds is 6. The topological polar surface area (TPSA) is 64.2 Å². The second kappa shape index (κ2) is 11.1. The van der Waals surface area contributed by atoms with E-state index in [0.717, 1.165) is 32.4 Å². The highest BCUT2D eigenvalue weighted by molar-refractivity contribution is 5.83. The van der Waals surface area contributed by atoms with Gasteiger partial charge >= 0.3 is 0 Å². The molecular weight excluding hydrogens is 416 g/mol. The van der Waals surface area contributed by atoms with E-state index in [-0.39, 0.29) is 23.8 Å². The van der Waals surface area contributed by atoms with E-state index in [1.165, 1.54) is 18.4 Å². The summed E-state index contributed by atoms with van der Waals surface area (Å²) in [5.74, 6) is 0.933. The van der Waals surface area contributed by atoms with Gasteiger partial charge in [-0.15, -0.1) is 0 Å². The first-order chi connectivity index (χ1) is 16.0. The average Bonchev–Trinajstić information content (AvgIpc) is 3.38. The molecule has 7 nitrogen and oxygen atoms in total. The summed E-state index contributed by atoms with van der Waals surface area (Å²) >= 11 is 0. The van der Waals surface area contributed by atoms with Gasteiger partial charge in [0.05, 0.1) is 6.04 Å². The highest BCUT2D eigenvalue weighted by atomic mass is 16.2. The fourth-order valence-corrected chi connectivity index (χ4v) is 5.66. The van der Waals surface area contributed by atoms with E-state index in [1.54, 1.807) is 6.92 Å². The van der Waals surface area contributed by atoms with Crippen LogP contribution in [0.2, 0.25) is 0 Å². The van der Waals surface area contributed by atoms with Crippen molar-refractivity contribution in [2.24, 2.45) is 5.92 Å². The minimum absolute atomic E-state index is 0.0852.